The van der Waals surface area contributed by atoms with Crippen molar-refractivity contribution in [1.29, 1.82) is 0 Å². The Morgan fingerprint density at radius 2 is 2.36 bits per heavy atom. The van der Waals surface area contributed by atoms with Gasteiger partial charge in [0.1, 0.15) is 11.1 Å². The lowest BCUT2D eigenvalue weighted by molar-refractivity contribution is -0.130. The van der Waals surface area contributed by atoms with Gasteiger partial charge >= 0.3 is 0 Å². The van der Waals surface area contributed by atoms with E-state index in [1.165, 1.54) is 17.8 Å². The van der Waals surface area contributed by atoms with E-state index < -0.39 is 6.10 Å². The van der Waals surface area contributed by atoms with Gasteiger partial charge in [0.15, 0.2) is 0 Å². The van der Waals surface area contributed by atoms with Crippen LogP contribution in [-0.2, 0) is 20.7 Å². The molecule has 0 bridgehead atoms. The molecule has 1 aromatic heterocycles. The maximum absolute atomic E-state index is 12.1. The Kier molecular flexibility index (Phi) is 7.21. The predicted octanol–water partition coefficient (Wildman–Crippen LogP) is 2.79. The Morgan fingerprint density at radius 1 is 1.50 bits per heavy atom. The van der Waals surface area contributed by atoms with E-state index in [4.69, 9.17) is 9.47 Å². The number of carbonyl (C=O) groups excluding carboxylic acids is 1. The molecule has 2 heterocycles. The highest BCUT2D eigenvalue weighted by Crippen LogP contribution is 2.18. The molecule has 7 heteroatoms. The van der Waals surface area contributed by atoms with Crippen LogP contribution in [0.25, 0.3) is 0 Å². The Morgan fingerprint density at radius 3 is 3.09 bits per heavy atom. The minimum Gasteiger partial charge on any atom is -0.376 e. The van der Waals surface area contributed by atoms with Gasteiger partial charge in [-0.05, 0) is 32.6 Å². The molecule has 1 aliphatic heterocycles. The lowest BCUT2D eigenvalue weighted by atomic mass is 10.1. The summed E-state index contributed by atoms with van der Waals surface area (Å²) in [5.41, 5.74) is 0. The van der Waals surface area contributed by atoms with Gasteiger partial charge in [-0.2, -0.15) is 0 Å². The third-order valence-electron chi connectivity index (χ3n) is 3.62. The third kappa shape index (κ3) is 5.62. The van der Waals surface area contributed by atoms with E-state index in [1.807, 2.05) is 0 Å². The molecule has 0 radical (unpaired) electrons. The van der Waals surface area contributed by atoms with Crippen LogP contribution in [0.5, 0.6) is 0 Å². The van der Waals surface area contributed by atoms with E-state index in [1.54, 1.807) is 6.92 Å². The number of nitrogens with one attached hydrogen (secondary N) is 1. The molecule has 0 aliphatic carbocycles. The van der Waals surface area contributed by atoms with Crippen molar-refractivity contribution >= 4 is 22.4 Å². The molecule has 6 nitrogen and oxygen atoms in total. The van der Waals surface area contributed by atoms with Gasteiger partial charge in [0.05, 0.1) is 12.7 Å². The normalized spacial score (nSPS) is 19.8. The zero-order chi connectivity index (χ0) is 15.8. The number of anilines is 1. The minimum absolute atomic E-state index is 0.117. The maximum Gasteiger partial charge on any atom is 0.255 e. The summed E-state index contributed by atoms with van der Waals surface area (Å²) >= 11 is 1.43. The number of ether oxygens (including phenoxy) is 2. The Labute approximate surface area is 135 Å². The van der Waals surface area contributed by atoms with Crippen LogP contribution in [-0.4, -0.2) is 41.5 Å². The summed E-state index contributed by atoms with van der Waals surface area (Å²) in [6.45, 7) is 5.14. The van der Waals surface area contributed by atoms with Crippen LogP contribution in [0, 0.1) is 0 Å². The zero-order valence-electron chi connectivity index (χ0n) is 13.3. The van der Waals surface area contributed by atoms with E-state index in [0.29, 0.717) is 11.7 Å². The summed E-state index contributed by atoms with van der Waals surface area (Å²) in [5, 5.41) is 12.3. The Balaban J connectivity index is 1.72. The molecule has 0 spiro atoms. The fourth-order valence-corrected chi connectivity index (χ4v) is 2.99. The van der Waals surface area contributed by atoms with Gasteiger partial charge < -0.3 is 9.47 Å². The fourth-order valence-electron chi connectivity index (χ4n) is 2.21. The molecule has 124 valence electrons. The largest absolute Gasteiger partial charge is 0.376 e. The quantitative estimate of drug-likeness (QED) is 0.795. The van der Waals surface area contributed by atoms with Crippen LogP contribution in [0.15, 0.2) is 0 Å². The Bertz CT molecular complexity index is 461. The maximum atomic E-state index is 12.1. The number of hydrogen-bond acceptors (Lipinski definition) is 6. The van der Waals surface area contributed by atoms with Crippen LogP contribution in [0.4, 0.5) is 5.13 Å². The number of unbranched alkanes of at least 4 members (excludes halogenated alkanes) is 1. The zero-order valence-corrected chi connectivity index (χ0v) is 14.2. The van der Waals surface area contributed by atoms with Crippen molar-refractivity contribution in [3.63, 3.8) is 0 Å². The first-order valence-corrected chi connectivity index (χ1v) is 8.87. The Hall–Kier alpha value is -1.05. The summed E-state index contributed by atoms with van der Waals surface area (Å²) in [7, 11) is 0. The molecule has 1 N–H and O–H groups in total. The van der Waals surface area contributed by atoms with Gasteiger partial charge in [0, 0.05) is 13.0 Å². The summed E-state index contributed by atoms with van der Waals surface area (Å²) in [4.78, 5) is 12.1. The average molecular weight is 327 g/mol. The van der Waals surface area contributed by atoms with Crippen LogP contribution in [0.1, 0.15) is 51.0 Å². The van der Waals surface area contributed by atoms with Crippen molar-refractivity contribution in [1.82, 2.24) is 10.2 Å². The van der Waals surface area contributed by atoms with E-state index in [9.17, 15) is 4.79 Å². The van der Waals surface area contributed by atoms with Crippen LogP contribution < -0.4 is 5.32 Å². The minimum atomic E-state index is -0.520. The number of aryl methyl sites for hydroxylation is 1. The molecule has 2 unspecified atom stereocenters. The summed E-state index contributed by atoms with van der Waals surface area (Å²) < 4.78 is 11.2. The lowest BCUT2D eigenvalue weighted by Crippen LogP contribution is -2.32. The highest BCUT2D eigenvalue weighted by atomic mass is 32.1. The standard InChI is InChI=1S/C15H25N3O3S/c1-3-4-8-13-17-18-15(22-13)16-14(19)11(2)21-10-12-7-5-6-9-20-12/h11-12H,3-10H2,1-2H3,(H,16,18,19). The fraction of sp³-hybridized carbons (Fsp3) is 0.800. The van der Waals surface area contributed by atoms with Crippen molar-refractivity contribution in [2.24, 2.45) is 0 Å². The summed E-state index contributed by atoms with van der Waals surface area (Å²) in [5.74, 6) is -0.186. The number of amides is 1. The number of hydrogen-bond donors (Lipinski definition) is 1. The van der Waals surface area contributed by atoms with E-state index in [0.717, 1.165) is 43.7 Å². The molecule has 1 amide bonds. The SMILES string of the molecule is CCCCc1nnc(NC(=O)C(C)OCC2CCCCO2)s1. The average Bonchev–Trinajstić information content (AvgIpc) is 2.99. The smallest absolute Gasteiger partial charge is 0.255 e. The molecule has 22 heavy (non-hydrogen) atoms. The molecule has 1 fully saturated rings. The highest BCUT2D eigenvalue weighted by molar-refractivity contribution is 7.15. The summed E-state index contributed by atoms with van der Waals surface area (Å²) in [6.07, 6.45) is 6.00. The highest BCUT2D eigenvalue weighted by Gasteiger charge is 2.19. The lowest BCUT2D eigenvalue weighted by Gasteiger charge is -2.23. The molecule has 2 rings (SSSR count). The van der Waals surface area contributed by atoms with Gasteiger partial charge in [-0.15, -0.1) is 10.2 Å². The molecule has 0 aromatic carbocycles. The predicted molar refractivity (Wildman–Crippen MR) is 86.2 cm³/mol. The molecule has 0 saturated carbocycles. The molecule has 2 atom stereocenters. The van der Waals surface area contributed by atoms with E-state index >= 15 is 0 Å². The van der Waals surface area contributed by atoms with Crippen LogP contribution >= 0.6 is 11.3 Å². The van der Waals surface area contributed by atoms with Gasteiger partial charge in [0.2, 0.25) is 5.13 Å². The first kappa shape index (κ1) is 17.3. The number of nitrogens with zero attached hydrogens (tertiary/aromatic N) is 2. The van der Waals surface area contributed by atoms with Gasteiger partial charge in [-0.1, -0.05) is 24.7 Å². The molecular formula is C15H25N3O3S. The third-order valence-corrected chi connectivity index (χ3v) is 4.51. The van der Waals surface area contributed by atoms with Crippen molar-refractivity contribution < 1.29 is 14.3 Å². The second kappa shape index (κ2) is 9.17. The van der Waals surface area contributed by atoms with Gasteiger partial charge in [0.25, 0.3) is 5.91 Å². The van der Waals surface area contributed by atoms with Gasteiger partial charge in [-0.3, -0.25) is 10.1 Å². The first-order valence-electron chi connectivity index (χ1n) is 8.05. The summed E-state index contributed by atoms with van der Waals surface area (Å²) in [6, 6.07) is 0. The molecule has 1 saturated heterocycles. The topological polar surface area (TPSA) is 73.3 Å². The van der Waals surface area contributed by atoms with Gasteiger partial charge in [-0.25, -0.2) is 0 Å². The number of carbonyl (C=O) groups is 1. The molecule has 1 aromatic rings. The second-order valence-corrected chi connectivity index (χ2v) is 6.62. The number of rotatable bonds is 8. The van der Waals surface area contributed by atoms with Crippen LogP contribution in [0.2, 0.25) is 0 Å². The van der Waals surface area contributed by atoms with Crippen molar-refractivity contribution in [2.75, 3.05) is 18.5 Å². The van der Waals surface area contributed by atoms with E-state index in [2.05, 4.69) is 22.4 Å². The van der Waals surface area contributed by atoms with Crippen molar-refractivity contribution in [3.05, 3.63) is 5.01 Å². The monoisotopic (exact) mass is 327 g/mol. The van der Waals surface area contributed by atoms with Crippen molar-refractivity contribution in [3.8, 4) is 0 Å². The first-order chi connectivity index (χ1) is 10.7. The van der Waals surface area contributed by atoms with Crippen LogP contribution in [0.3, 0.4) is 0 Å². The second-order valence-electron chi connectivity index (χ2n) is 5.56. The van der Waals surface area contributed by atoms with E-state index in [-0.39, 0.29) is 12.0 Å². The molecular weight excluding hydrogens is 302 g/mol. The number of aromatic nitrogens is 2. The molecule has 1 aliphatic rings. The van der Waals surface area contributed by atoms with Crippen molar-refractivity contribution in [2.45, 2.75) is 64.6 Å².